The number of amides is 2. The highest BCUT2D eigenvalue weighted by molar-refractivity contribution is 6.32. The summed E-state index contributed by atoms with van der Waals surface area (Å²) in [5.74, 6) is 0.199. The molecule has 1 saturated heterocycles. The topological polar surface area (TPSA) is 54.5 Å². The van der Waals surface area contributed by atoms with E-state index in [-0.39, 0.29) is 46.8 Å². The number of ketones is 1. The van der Waals surface area contributed by atoms with Gasteiger partial charge >= 0.3 is 0 Å². The Kier molecular flexibility index (Phi) is 3.49. The molecule has 0 radical (unpaired) electrons. The average Bonchev–Trinajstić information content (AvgIpc) is 3.52. The van der Waals surface area contributed by atoms with Gasteiger partial charge in [0.25, 0.3) is 0 Å². The Hall–Kier alpha value is -2.72. The minimum Gasteiger partial charge on any atom is -0.289 e. The zero-order valence-corrected chi connectivity index (χ0v) is 16.3. The predicted octanol–water partition coefficient (Wildman–Crippen LogP) is 4.13. The Morgan fingerprint density at radius 1 is 0.897 bits per heavy atom. The summed E-state index contributed by atoms with van der Waals surface area (Å²) in [4.78, 5) is 41.3. The zero-order chi connectivity index (χ0) is 19.9. The summed E-state index contributed by atoms with van der Waals surface area (Å²) < 4.78 is 0. The Balaban J connectivity index is 1.45. The van der Waals surface area contributed by atoms with Crippen molar-refractivity contribution in [3.8, 4) is 0 Å². The third kappa shape index (κ3) is 2.29. The second-order valence-corrected chi connectivity index (χ2v) is 8.96. The normalized spacial score (nSPS) is 33.6. The fourth-order valence-electron chi connectivity index (χ4n) is 5.82. The lowest BCUT2D eigenvalue weighted by Gasteiger charge is -2.37. The Labute approximate surface area is 173 Å². The third-order valence-corrected chi connectivity index (χ3v) is 7.38. The monoisotopic (exact) mass is 403 g/mol. The van der Waals surface area contributed by atoms with Gasteiger partial charge in [0.1, 0.15) is 0 Å². The van der Waals surface area contributed by atoms with Gasteiger partial charge in [0.05, 0.1) is 17.5 Å². The molecular weight excluding hydrogens is 386 g/mol. The number of hydrogen-bond acceptors (Lipinski definition) is 3. The van der Waals surface area contributed by atoms with Crippen LogP contribution in [0.4, 0.5) is 5.69 Å². The minimum absolute atomic E-state index is 0.150. The lowest BCUT2D eigenvalue weighted by molar-refractivity contribution is -0.124. The summed E-state index contributed by atoms with van der Waals surface area (Å²) in [6.45, 7) is 0. The summed E-state index contributed by atoms with van der Waals surface area (Å²) in [5.41, 5.74) is 1.13. The first-order chi connectivity index (χ1) is 14.1. The molecule has 6 atom stereocenters. The summed E-state index contributed by atoms with van der Waals surface area (Å²) in [7, 11) is 0. The van der Waals surface area contributed by atoms with E-state index in [4.69, 9.17) is 11.6 Å². The fourth-order valence-corrected chi connectivity index (χ4v) is 6.00. The van der Waals surface area contributed by atoms with E-state index >= 15 is 0 Å². The Morgan fingerprint density at radius 2 is 1.52 bits per heavy atom. The number of hydrogen-bond donors (Lipinski definition) is 0. The van der Waals surface area contributed by atoms with Crippen LogP contribution < -0.4 is 4.90 Å². The molecule has 2 aromatic carbocycles. The number of carbonyl (C=O) groups excluding carboxylic acids is 3. The smallest absolute Gasteiger partial charge is 0.238 e. The number of imide groups is 1. The second-order valence-electron chi connectivity index (χ2n) is 8.52. The second kappa shape index (κ2) is 5.90. The van der Waals surface area contributed by atoms with Crippen LogP contribution in [0.1, 0.15) is 22.3 Å². The van der Waals surface area contributed by atoms with E-state index in [1.165, 1.54) is 4.90 Å². The maximum absolute atomic E-state index is 13.4. The Bertz CT molecular complexity index is 1070. The summed E-state index contributed by atoms with van der Waals surface area (Å²) in [5, 5.41) is 0.396. The molecule has 0 spiro atoms. The summed E-state index contributed by atoms with van der Waals surface area (Å²) in [6, 6.07) is 13.7. The molecule has 144 valence electrons. The van der Waals surface area contributed by atoms with Gasteiger partial charge in [-0.25, -0.2) is 4.90 Å². The van der Waals surface area contributed by atoms with E-state index in [9.17, 15) is 14.4 Å². The molecule has 3 fully saturated rings. The van der Waals surface area contributed by atoms with Crippen LogP contribution in [0, 0.1) is 35.5 Å². The molecule has 0 N–H and O–H groups in total. The summed E-state index contributed by atoms with van der Waals surface area (Å²) in [6.07, 6.45) is 5.41. The van der Waals surface area contributed by atoms with Crippen molar-refractivity contribution in [1.82, 2.24) is 0 Å². The van der Waals surface area contributed by atoms with Crippen molar-refractivity contribution < 1.29 is 14.4 Å². The average molecular weight is 404 g/mol. The molecule has 5 aliphatic rings. The minimum atomic E-state index is -0.295. The lowest BCUT2D eigenvalue weighted by atomic mass is 9.63. The van der Waals surface area contributed by atoms with Crippen LogP contribution in [-0.2, 0) is 9.59 Å². The number of carbonyl (C=O) groups is 3. The molecule has 2 saturated carbocycles. The molecule has 2 aromatic rings. The highest BCUT2D eigenvalue weighted by Crippen LogP contribution is 2.65. The summed E-state index contributed by atoms with van der Waals surface area (Å²) >= 11 is 6.18. The largest absolute Gasteiger partial charge is 0.289 e. The van der Waals surface area contributed by atoms with Crippen LogP contribution in [-0.4, -0.2) is 17.6 Å². The predicted molar refractivity (Wildman–Crippen MR) is 109 cm³/mol. The van der Waals surface area contributed by atoms with Crippen molar-refractivity contribution in [2.75, 3.05) is 4.90 Å². The molecule has 2 amide bonds. The van der Waals surface area contributed by atoms with E-state index in [1.807, 2.05) is 6.07 Å². The lowest BCUT2D eigenvalue weighted by Crippen LogP contribution is -2.40. The molecule has 1 heterocycles. The van der Waals surface area contributed by atoms with Gasteiger partial charge in [-0.1, -0.05) is 54.1 Å². The molecule has 1 aliphatic heterocycles. The van der Waals surface area contributed by atoms with Gasteiger partial charge in [-0.2, -0.15) is 0 Å². The number of halogens is 1. The molecule has 0 unspecified atom stereocenters. The van der Waals surface area contributed by atoms with Gasteiger partial charge in [0.15, 0.2) is 5.78 Å². The van der Waals surface area contributed by atoms with E-state index < -0.39 is 0 Å². The van der Waals surface area contributed by atoms with Crippen molar-refractivity contribution in [2.24, 2.45) is 35.5 Å². The van der Waals surface area contributed by atoms with Gasteiger partial charge in [0, 0.05) is 16.1 Å². The number of benzene rings is 2. The van der Waals surface area contributed by atoms with E-state index in [1.54, 1.807) is 42.5 Å². The van der Waals surface area contributed by atoms with Crippen molar-refractivity contribution in [2.45, 2.75) is 6.42 Å². The van der Waals surface area contributed by atoms with Crippen molar-refractivity contribution >= 4 is 34.9 Å². The maximum atomic E-state index is 13.4. The Morgan fingerprint density at radius 3 is 2.14 bits per heavy atom. The van der Waals surface area contributed by atoms with Gasteiger partial charge in [-0.05, 0) is 48.3 Å². The molecule has 2 bridgehead atoms. The van der Waals surface area contributed by atoms with Crippen molar-refractivity contribution in [3.05, 3.63) is 76.8 Å². The number of nitrogens with zero attached hydrogens (tertiary/aromatic N) is 1. The number of anilines is 1. The van der Waals surface area contributed by atoms with Gasteiger partial charge in [0.2, 0.25) is 11.8 Å². The highest BCUT2D eigenvalue weighted by Gasteiger charge is 2.67. The van der Waals surface area contributed by atoms with Gasteiger partial charge in [-0.15, -0.1) is 0 Å². The van der Waals surface area contributed by atoms with Crippen LogP contribution in [0.2, 0.25) is 5.02 Å². The first-order valence-corrected chi connectivity index (χ1v) is 10.4. The molecular formula is C24H18ClNO3. The first-order valence-electron chi connectivity index (χ1n) is 10.0. The molecule has 4 aliphatic carbocycles. The zero-order valence-electron chi connectivity index (χ0n) is 15.5. The molecule has 5 heteroatoms. The van der Waals surface area contributed by atoms with Gasteiger partial charge < -0.3 is 0 Å². The quantitative estimate of drug-likeness (QED) is 0.440. The highest BCUT2D eigenvalue weighted by atomic mass is 35.5. The van der Waals surface area contributed by atoms with E-state index in [0.29, 0.717) is 28.1 Å². The molecule has 29 heavy (non-hydrogen) atoms. The third-order valence-electron chi connectivity index (χ3n) is 7.14. The van der Waals surface area contributed by atoms with E-state index in [0.717, 1.165) is 6.42 Å². The molecule has 7 rings (SSSR count). The van der Waals surface area contributed by atoms with Crippen LogP contribution in [0.25, 0.3) is 0 Å². The van der Waals surface area contributed by atoms with Crippen LogP contribution in [0.15, 0.2) is 60.7 Å². The molecule has 0 aromatic heterocycles. The maximum Gasteiger partial charge on any atom is 0.238 e. The fraction of sp³-hybridized carbons (Fsp3) is 0.292. The number of rotatable bonds is 3. The first kappa shape index (κ1) is 17.2. The van der Waals surface area contributed by atoms with Crippen LogP contribution in [0.5, 0.6) is 0 Å². The van der Waals surface area contributed by atoms with E-state index in [2.05, 4.69) is 12.2 Å². The van der Waals surface area contributed by atoms with Crippen molar-refractivity contribution in [3.63, 3.8) is 0 Å². The number of allylic oxidation sites excluding steroid dienone is 2. The van der Waals surface area contributed by atoms with Gasteiger partial charge in [-0.3, -0.25) is 14.4 Å². The SMILES string of the molecule is O=C(c1ccccc1)c1cc(Cl)ccc1N1C(=O)[C@@H]2[C@H]3C=C[C@H]([C@H]4C[C@@H]34)[C@@H]2C1=O. The van der Waals surface area contributed by atoms with Crippen molar-refractivity contribution in [1.29, 1.82) is 0 Å². The van der Waals surface area contributed by atoms with Crippen LogP contribution in [0.3, 0.4) is 0 Å². The standard InChI is InChI=1S/C24H18ClNO3/c25-13-6-9-19(18(10-13)22(27)12-4-2-1-3-5-12)26-23(28)20-14-7-8-15(17-11-16(14)17)21(20)24(26)29/h1-10,14-17,20-21H,11H2/t14-,15+,16-,17+,20+,21-. The van der Waals surface area contributed by atoms with Crippen LogP contribution >= 0.6 is 11.6 Å². The molecule has 4 nitrogen and oxygen atoms in total.